The second kappa shape index (κ2) is 6.94. The number of benzene rings is 1. The molecule has 0 saturated heterocycles. The van der Waals surface area contributed by atoms with E-state index in [9.17, 15) is 14.7 Å². The van der Waals surface area contributed by atoms with E-state index in [4.69, 9.17) is 4.74 Å². The zero-order valence-electron chi connectivity index (χ0n) is 15.9. The quantitative estimate of drug-likeness (QED) is 0.790. The number of ether oxygens (including phenoxy) is 1. The summed E-state index contributed by atoms with van der Waals surface area (Å²) < 4.78 is 6.95. The molecule has 0 atom stereocenters. The van der Waals surface area contributed by atoms with Gasteiger partial charge in [-0.05, 0) is 32.9 Å². The molecule has 1 aromatic carbocycles. The van der Waals surface area contributed by atoms with Gasteiger partial charge in [0.25, 0.3) is 5.91 Å². The van der Waals surface area contributed by atoms with Gasteiger partial charge < -0.3 is 20.1 Å². The summed E-state index contributed by atoms with van der Waals surface area (Å²) in [6, 6.07) is 6.51. The summed E-state index contributed by atoms with van der Waals surface area (Å²) in [6.45, 7) is 6.18. The van der Waals surface area contributed by atoms with E-state index in [0.717, 1.165) is 5.69 Å². The average molecular weight is 372 g/mol. The van der Waals surface area contributed by atoms with Crippen LogP contribution in [0.4, 0.5) is 10.5 Å². The highest BCUT2D eigenvalue weighted by molar-refractivity contribution is 6.05. The van der Waals surface area contributed by atoms with E-state index in [-0.39, 0.29) is 12.3 Å². The molecule has 8 heteroatoms. The smallest absolute Gasteiger partial charge is 0.410 e. The number of hydrogen-bond acceptors (Lipinski definition) is 5. The highest BCUT2D eigenvalue weighted by Gasteiger charge is 2.31. The first kappa shape index (κ1) is 18.8. The predicted molar refractivity (Wildman–Crippen MR) is 99.6 cm³/mol. The lowest BCUT2D eigenvalue weighted by Crippen LogP contribution is -2.40. The van der Waals surface area contributed by atoms with Crippen molar-refractivity contribution >= 4 is 17.7 Å². The molecule has 1 aromatic heterocycles. The monoisotopic (exact) mass is 372 g/mol. The van der Waals surface area contributed by atoms with Crippen molar-refractivity contribution in [1.29, 1.82) is 0 Å². The van der Waals surface area contributed by atoms with Gasteiger partial charge in [0, 0.05) is 25.6 Å². The molecule has 144 valence electrons. The standard InChI is InChI=1S/C19H24N4O4/c1-19(2,3)27-18(26)23-10-9-13-12(11-23)16(22(4)21-13)17(25)20-14-7-5-6-8-15(14)24/h5-8,24H,9-11H2,1-4H3,(H,20,25). The van der Waals surface area contributed by atoms with Crippen LogP contribution in [0.15, 0.2) is 24.3 Å². The van der Waals surface area contributed by atoms with Crippen LogP contribution in [0.3, 0.4) is 0 Å². The van der Waals surface area contributed by atoms with Crippen LogP contribution in [0.5, 0.6) is 5.75 Å². The number of aromatic nitrogens is 2. The Kier molecular flexibility index (Phi) is 4.82. The molecule has 0 radical (unpaired) electrons. The number of anilines is 1. The van der Waals surface area contributed by atoms with Gasteiger partial charge in [0.1, 0.15) is 17.0 Å². The normalized spacial score (nSPS) is 13.9. The van der Waals surface area contributed by atoms with Crippen molar-refractivity contribution in [2.75, 3.05) is 11.9 Å². The van der Waals surface area contributed by atoms with Crippen molar-refractivity contribution in [3.8, 4) is 5.75 Å². The molecule has 2 heterocycles. The van der Waals surface area contributed by atoms with Crippen LogP contribution >= 0.6 is 0 Å². The molecule has 0 spiro atoms. The van der Waals surface area contributed by atoms with Crippen LogP contribution in [0.2, 0.25) is 0 Å². The Morgan fingerprint density at radius 2 is 1.96 bits per heavy atom. The highest BCUT2D eigenvalue weighted by atomic mass is 16.6. The number of carbonyl (C=O) groups is 2. The third kappa shape index (κ3) is 4.05. The van der Waals surface area contributed by atoms with Gasteiger partial charge >= 0.3 is 6.09 Å². The largest absolute Gasteiger partial charge is 0.506 e. The number of amides is 2. The molecular formula is C19H24N4O4. The number of aryl methyl sites for hydroxylation is 1. The van der Waals surface area contributed by atoms with Gasteiger partial charge in [0.15, 0.2) is 0 Å². The zero-order valence-corrected chi connectivity index (χ0v) is 15.9. The van der Waals surface area contributed by atoms with Crippen molar-refractivity contribution in [3.05, 3.63) is 41.2 Å². The number of fused-ring (bicyclic) bond motifs is 1. The minimum absolute atomic E-state index is 0.0164. The van der Waals surface area contributed by atoms with E-state index in [1.54, 1.807) is 30.1 Å². The second-order valence-electron chi connectivity index (χ2n) is 7.52. The van der Waals surface area contributed by atoms with E-state index < -0.39 is 17.6 Å². The topological polar surface area (TPSA) is 96.7 Å². The first-order chi connectivity index (χ1) is 12.7. The van der Waals surface area contributed by atoms with Gasteiger partial charge in [0.2, 0.25) is 0 Å². The van der Waals surface area contributed by atoms with Crippen LogP contribution in [0.25, 0.3) is 0 Å². The number of para-hydroxylation sites is 2. The SMILES string of the molecule is Cn1nc2c(c1C(=O)Nc1ccccc1O)CN(C(=O)OC(C)(C)C)CC2. The summed E-state index contributed by atoms with van der Waals surface area (Å²) in [4.78, 5) is 26.8. The highest BCUT2D eigenvalue weighted by Crippen LogP contribution is 2.26. The molecule has 0 bridgehead atoms. The van der Waals surface area contributed by atoms with Crippen molar-refractivity contribution in [3.63, 3.8) is 0 Å². The van der Waals surface area contributed by atoms with Gasteiger partial charge in [-0.2, -0.15) is 5.10 Å². The van der Waals surface area contributed by atoms with Gasteiger partial charge in [-0.25, -0.2) is 4.79 Å². The lowest BCUT2D eigenvalue weighted by Gasteiger charge is -2.29. The lowest BCUT2D eigenvalue weighted by molar-refractivity contribution is 0.0222. The van der Waals surface area contributed by atoms with Crippen LogP contribution in [0.1, 0.15) is 42.5 Å². The van der Waals surface area contributed by atoms with Crippen LogP contribution in [-0.2, 0) is 24.8 Å². The molecule has 1 aliphatic heterocycles. The Hall–Kier alpha value is -3.03. The zero-order chi connectivity index (χ0) is 19.8. The van der Waals surface area contributed by atoms with Crippen molar-refractivity contribution in [1.82, 2.24) is 14.7 Å². The number of nitrogens with one attached hydrogen (secondary N) is 1. The molecule has 0 fully saturated rings. The Labute approximate surface area is 157 Å². The van der Waals surface area contributed by atoms with Gasteiger partial charge in [-0.1, -0.05) is 12.1 Å². The van der Waals surface area contributed by atoms with E-state index in [2.05, 4.69) is 10.4 Å². The van der Waals surface area contributed by atoms with Crippen molar-refractivity contribution in [2.24, 2.45) is 7.05 Å². The van der Waals surface area contributed by atoms with Crippen LogP contribution in [0, 0.1) is 0 Å². The predicted octanol–water partition coefficient (Wildman–Crippen LogP) is 2.67. The van der Waals surface area contributed by atoms with E-state index in [0.29, 0.717) is 29.9 Å². The molecular weight excluding hydrogens is 348 g/mol. The molecule has 0 aliphatic carbocycles. The molecule has 2 amide bonds. The summed E-state index contributed by atoms with van der Waals surface area (Å²) in [5, 5.41) is 17.0. The molecule has 27 heavy (non-hydrogen) atoms. The second-order valence-corrected chi connectivity index (χ2v) is 7.52. The fourth-order valence-electron chi connectivity index (χ4n) is 3.03. The van der Waals surface area contributed by atoms with Gasteiger partial charge in [0.05, 0.1) is 17.9 Å². The number of rotatable bonds is 2. The first-order valence-corrected chi connectivity index (χ1v) is 8.78. The number of hydrogen-bond donors (Lipinski definition) is 2. The average Bonchev–Trinajstić information content (AvgIpc) is 2.90. The Morgan fingerprint density at radius 3 is 2.63 bits per heavy atom. The van der Waals surface area contributed by atoms with Crippen molar-refractivity contribution < 1.29 is 19.4 Å². The summed E-state index contributed by atoms with van der Waals surface area (Å²) in [7, 11) is 1.69. The Morgan fingerprint density at radius 1 is 1.26 bits per heavy atom. The van der Waals surface area contributed by atoms with E-state index in [1.165, 1.54) is 10.7 Å². The summed E-state index contributed by atoms with van der Waals surface area (Å²) >= 11 is 0. The van der Waals surface area contributed by atoms with Gasteiger partial charge in [-0.15, -0.1) is 0 Å². The Bertz CT molecular complexity index is 882. The fourth-order valence-corrected chi connectivity index (χ4v) is 3.03. The molecule has 8 nitrogen and oxygen atoms in total. The molecule has 0 saturated carbocycles. The number of carbonyl (C=O) groups excluding carboxylic acids is 2. The van der Waals surface area contributed by atoms with E-state index >= 15 is 0 Å². The number of aromatic hydroxyl groups is 1. The lowest BCUT2D eigenvalue weighted by atomic mass is 10.1. The number of phenolic OH excluding ortho intramolecular Hbond substituents is 1. The maximum absolute atomic E-state index is 12.8. The third-order valence-electron chi connectivity index (χ3n) is 4.22. The fraction of sp³-hybridized carbons (Fsp3) is 0.421. The molecule has 1 aliphatic rings. The number of phenols is 1. The van der Waals surface area contributed by atoms with Gasteiger partial charge in [-0.3, -0.25) is 9.48 Å². The maximum atomic E-state index is 12.8. The summed E-state index contributed by atoms with van der Waals surface area (Å²) in [6.07, 6.45) is 0.135. The van der Waals surface area contributed by atoms with E-state index in [1.807, 2.05) is 20.8 Å². The van der Waals surface area contributed by atoms with Crippen molar-refractivity contribution in [2.45, 2.75) is 39.3 Å². The molecule has 0 unspecified atom stereocenters. The molecule has 2 N–H and O–H groups in total. The summed E-state index contributed by atoms with van der Waals surface area (Å²) in [5.74, 6) is -0.406. The molecule has 2 aromatic rings. The third-order valence-corrected chi connectivity index (χ3v) is 4.22. The summed E-state index contributed by atoms with van der Waals surface area (Å²) in [5.41, 5.74) is 1.58. The minimum atomic E-state index is -0.586. The first-order valence-electron chi connectivity index (χ1n) is 8.78. The van der Waals surface area contributed by atoms with Crippen LogP contribution in [-0.4, -0.2) is 43.9 Å². The van der Waals surface area contributed by atoms with Crippen LogP contribution < -0.4 is 5.32 Å². The number of nitrogens with zero attached hydrogens (tertiary/aromatic N) is 3. The Balaban J connectivity index is 1.83. The molecule has 3 rings (SSSR count). The minimum Gasteiger partial charge on any atom is -0.506 e. The maximum Gasteiger partial charge on any atom is 0.410 e.